The van der Waals surface area contributed by atoms with Gasteiger partial charge < -0.3 is 42.6 Å². The summed E-state index contributed by atoms with van der Waals surface area (Å²) in [5.41, 5.74) is 0. The van der Waals surface area contributed by atoms with Gasteiger partial charge in [-0.25, -0.2) is 54.7 Å². The molecule has 37 heteroatoms. The number of rotatable bonds is 9. The van der Waals surface area contributed by atoms with E-state index in [1.54, 1.807) is 0 Å². The molecule has 0 heterocycles. The zero-order chi connectivity index (χ0) is 28.8. The second-order valence-electron chi connectivity index (χ2n) is 3.07. The average Bonchev–Trinajstić information content (AvgIpc) is 2.46. The van der Waals surface area contributed by atoms with Crippen LogP contribution in [-0.4, -0.2) is 91.1 Å². The molecular formula is H5Fe2NO27S7. The summed E-state index contributed by atoms with van der Waals surface area (Å²) in [5.74, 6) is 0. The van der Waals surface area contributed by atoms with Gasteiger partial charge in [0, 0.05) is 0 Å². The molecule has 0 aromatic heterocycles. The Balaban J connectivity index is -0.0000000655. The van der Waals surface area contributed by atoms with Crippen LogP contribution in [0.2, 0.25) is 0 Å². The minimum absolute atomic E-state index is 0. The maximum Gasteiger partial charge on any atom is 3.00 e. The van der Waals surface area contributed by atoms with Crippen LogP contribution in [0.15, 0.2) is 0 Å². The Bertz CT molecular complexity index is 992. The molecule has 5 N–H and O–H groups in total. The first-order chi connectivity index (χ1) is 14.4. The fourth-order valence-corrected chi connectivity index (χ4v) is 1.84. The third-order valence-corrected chi connectivity index (χ3v) is 2.25. The molecule has 0 aliphatic rings. The van der Waals surface area contributed by atoms with Gasteiger partial charge >= 0.3 is 34.1 Å². The molecule has 0 fully saturated rings. The summed E-state index contributed by atoms with van der Waals surface area (Å²) < 4.78 is 208. The van der Waals surface area contributed by atoms with E-state index in [1.165, 1.54) is 0 Å². The molecule has 0 rings (SSSR count). The van der Waals surface area contributed by atoms with Crippen LogP contribution in [0.25, 0.3) is 0 Å². The Morgan fingerprint density at radius 3 is 0.514 bits per heavy atom. The van der Waals surface area contributed by atoms with Crippen LogP contribution in [0.5, 0.6) is 0 Å². The number of hydrogen-bond donors (Lipinski definition) is 2. The van der Waals surface area contributed by atoms with Gasteiger partial charge in [-0.2, -0.15) is 0 Å². The molecule has 0 aromatic rings. The monoisotopic (exact) mass is 787 g/mol. The molecule has 0 bridgehead atoms. The first-order valence-corrected chi connectivity index (χ1v) is 14.0. The predicted octanol–water partition coefficient (Wildman–Crippen LogP) is -6.73. The van der Waals surface area contributed by atoms with E-state index in [0.29, 0.717) is 0 Å². The molecule has 0 aliphatic heterocycles. The van der Waals surface area contributed by atoms with Crippen molar-refractivity contribution < 1.29 is 151 Å². The summed E-state index contributed by atoms with van der Waals surface area (Å²) >= 11 is -2.86. The fraction of sp³-hybridized carbons (Fsp3) is 0. The first-order valence-electron chi connectivity index (χ1n) is 5.02. The average molecular weight is 787 g/mol. The minimum Gasteiger partial charge on any atom is -0.750 e. The van der Waals surface area contributed by atoms with Gasteiger partial charge in [0.1, 0.15) is 0 Å². The van der Waals surface area contributed by atoms with E-state index < -0.39 is 73.8 Å². The Morgan fingerprint density at radius 1 is 0.432 bits per heavy atom. The Kier molecular flexibility index (Phi) is 31.9. The van der Waals surface area contributed by atoms with Crippen molar-refractivity contribution in [2.75, 3.05) is 0 Å². The Hall–Kier alpha value is 0.289. The quantitative estimate of drug-likeness (QED) is 0.0547. The maximum atomic E-state index is 9.37. The van der Waals surface area contributed by atoms with Gasteiger partial charge in [0.15, 0.2) is 0 Å². The minimum atomic E-state index is -5.31. The van der Waals surface area contributed by atoms with Crippen molar-refractivity contribution >= 4 is 73.8 Å². The van der Waals surface area contributed by atoms with E-state index in [-0.39, 0.29) is 40.3 Å². The molecule has 230 valence electrons. The standard InChI is InChI=1S/2Fe.H3N.3H2O8S2.H2O3S/c;;;3*1-9(2,3)7-8-10(4,5)6;1-4(2)3/h;;1H3;3*(H,1,2,3)(H,4,5,6);(H2,1,2,3)/q2*+3;;;;;/p-6. The van der Waals surface area contributed by atoms with Crippen LogP contribution >= 0.6 is 0 Å². The van der Waals surface area contributed by atoms with Crippen LogP contribution in [0.3, 0.4) is 0 Å². The van der Waals surface area contributed by atoms with Crippen molar-refractivity contribution in [3.63, 3.8) is 0 Å². The van der Waals surface area contributed by atoms with E-state index in [0.717, 1.165) is 0 Å². The molecule has 0 aliphatic carbocycles. The van der Waals surface area contributed by atoms with Crippen LogP contribution < -0.4 is 6.15 Å². The Labute approximate surface area is 230 Å². The fourth-order valence-electron chi connectivity index (χ4n) is 0.204. The zero-order valence-corrected chi connectivity index (χ0v) is 23.6. The molecular weight excluding hydrogens is 782 g/mol. The van der Waals surface area contributed by atoms with Crippen molar-refractivity contribution in [1.82, 2.24) is 6.15 Å². The second-order valence-corrected chi connectivity index (χ2v) is 9.22. The van der Waals surface area contributed by atoms with Crippen molar-refractivity contribution in [2.24, 2.45) is 0 Å². The summed E-state index contributed by atoms with van der Waals surface area (Å²) in [6.45, 7) is 0. The van der Waals surface area contributed by atoms with Crippen molar-refractivity contribution in [2.45, 2.75) is 0 Å². The van der Waals surface area contributed by atoms with Crippen LogP contribution in [0.4, 0.5) is 0 Å². The third-order valence-electron chi connectivity index (χ3n) is 0.583. The molecule has 1 unspecified atom stereocenters. The topological polar surface area (TPSA) is 495 Å². The normalized spacial score (nSPS) is 12.5. The number of quaternary nitrogens is 1. The SMILES string of the molecule is O=S(=O)([O-])OOS(=O)(=O)[O-].O=S(=O)([O-])OOS(=O)(=O)[O-].O=S(=O)([O-])OOS(=O)(=O)[O-].O=S([O-])O.[Fe+3].[Fe+3].[NH4+]. The van der Waals surface area contributed by atoms with Gasteiger partial charge in [0.25, 0.3) is 0 Å². The van der Waals surface area contributed by atoms with Crippen LogP contribution in [0.1, 0.15) is 0 Å². The summed E-state index contributed by atoms with van der Waals surface area (Å²) in [7, 11) is -31.9. The van der Waals surface area contributed by atoms with Crippen LogP contribution in [0, 0.1) is 0 Å². The molecule has 0 saturated heterocycles. The molecule has 0 amide bonds. The van der Waals surface area contributed by atoms with Gasteiger partial charge in [-0.3, -0.25) is 0 Å². The largest absolute Gasteiger partial charge is 3.00 e. The van der Waals surface area contributed by atoms with Gasteiger partial charge in [-0.15, -0.1) is 26.0 Å². The van der Waals surface area contributed by atoms with Gasteiger partial charge in [-0.05, 0) is 0 Å². The van der Waals surface area contributed by atoms with Gasteiger partial charge in [0.2, 0.25) is 62.4 Å². The summed E-state index contributed by atoms with van der Waals surface area (Å²) in [6.07, 6.45) is 0. The van der Waals surface area contributed by atoms with Gasteiger partial charge in [0.05, 0.1) is 11.4 Å². The summed E-state index contributed by atoms with van der Waals surface area (Å²) in [5, 5.41) is 0. The number of hydrogen-bond acceptors (Lipinski definition) is 26. The molecule has 0 saturated carbocycles. The van der Waals surface area contributed by atoms with E-state index in [4.69, 9.17) is 13.3 Å². The maximum absolute atomic E-state index is 9.37. The summed E-state index contributed by atoms with van der Waals surface area (Å²) in [4.78, 5) is 0. The van der Waals surface area contributed by atoms with Crippen molar-refractivity contribution in [1.29, 1.82) is 0 Å². The van der Waals surface area contributed by atoms with E-state index in [1.807, 2.05) is 0 Å². The van der Waals surface area contributed by atoms with E-state index in [9.17, 15) is 77.8 Å². The third kappa shape index (κ3) is 94.1. The molecule has 0 spiro atoms. The molecule has 37 heavy (non-hydrogen) atoms. The van der Waals surface area contributed by atoms with E-state index in [2.05, 4.69) is 26.0 Å². The van der Waals surface area contributed by atoms with Gasteiger partial charge in [-0.1, -0.05) is 0 Å². The Morgan fingerprint density at radius 2 is 0.486 bits per heavy atom. The van der Waals surface area contributed by atoms with Crippen molar-refractivity contribution in [3.05, 3.63) is 0 Å². The van der Waals surface area contributed by atoms with Crippen LogP contribution in [-0.2, 0) is 134 Å². The molecule has 1 atom stereocenters. The summed E-state index contributed by atoms with van der Waals surface area (Å²) in [6, 6.07) is 0. The smallest absolute Gasteiger partial charge is 0.750 e. The van der Waals surface area contributed by atoms with E-state index >= 15 is 0 Å². The van der Waals surface area contributed by atoms with Crippen molar-refractivity contribution in [3.8, 4) is 0 Å². The second kappa shape index (κ2) is 22.0. The first kappa shape index (κ1) is 53.5. The predicted molar refractivity (Wildman–Crippen MR) is 82.2 cm³/mol. The molecule has 0 aromatic carbocycles. The molecule has 2 radical (unpaired) electrons. The molecule has 28 nitrogen and oxygen atoms in total. The zero-order valence-electron chi connectivity index (χ0n) is 15.6.